The molecule has 0 aliphatic rings. The van der Waals surface area contributed by atoms with Gasteiger partial charge in [0, 0.05) is 11.8 Å². The van der Waals surface area contributed by atoms with Crippen molar-refractivity contribution in [3.63, 3.8) is 0 Å². The van der Waals surface area contributed by atoms with Gasteiger partial charge >= 0.3 is 5.97 Å². The van der Waals surface area contributed by atoms with Crippen molar-refractivity contribution in [1.29, 1.82) is 0 Å². The normalized spacial score (nSPS) is 12.3. The average Bonchev–Trinajstić information content (AvgIpc) is 2.15. The molecule has 1 unspecified atom stereocenters. The zero-order chi connectivity index (χ0) is 11.8. The molecule has 4 nitrogen and oxygen atoms in total. The van der Waals surface area contributed by atoms with Gasteiger partial charge in [-0.15, -0.1) is 0 Å². The van der Waals surface area contributed by atoms with Crippen LogP contribution in [0.5, 0.6) is 0 Å². The van der Waals surface area contributed by atoms with Crippen molar-refractivity contribution < 1.29 is 14.3 Å². The summed E-state index contributed by atoms with van der Waals surface area (Å²) in [5.74, 6) is 0.614. The highest BCUT2D eigenvalue weighted by atomic mass is 32.2. The van der Waals surface area contributed by atoms with Crippen molar-refractivity contribution in [3.05, 3.63) is 0 Å². The van der Waals surface area contributed by atoms with Crippen LogP contribution in [0.2, 0.25) is 0 Å². The van der Waals surface area contributed by atoms with E-state index in [1.54, 1.807) is 6.92 Å². The highest BCUT2D eigenvalue weighted by Crippen LogP contribution is 2.09. The van der Waals surface area contributed by atoms with Crippen molar-refractivity contribution in [2.75, 3.05) is 18.6 Å². The fourth-order valence-corrected chi connectivity index (χ4v) is 1.84. The number of carbonyl (C=O) groups excluding carboxylic acids is 2. The number of esters is 1. The van der Waals surface area contributed by atoms with Gasteiger partial charge < -0.3 is 10.1 Å². The molecule has 1 atom stereocenters. The second-order valence-corrected chi connectivity index (χ2v) is 4.69. The van der Waals surface area contributed by atoms with E-state index < -0.39 is 0 Å². The van der Waals surface area contributed by atoms with E-state index in [1.807, 2.05) is 13.8 Å². The second kappa shape index (κ2) is 7.56. The lowest BCUT2D eigenvalue weighted by Gasteiger charge is -2.10. The van der Waals surface area contributed by atoms with Crippen LogP contribution in [-0.2, 0) is 14.3 Å². The predicted octanol–water partition coefficient (Wildman–Crippen LogP) is 1.05. The molecule has 5 heteroatoms. The van der Waals surface area contributed by atoms with Crippen molar-refractivity contribution in [1.82, 2.24) is 5.32 Å². The Morgan fingerprint density at radius 3 is 2.40 bits per heavy atom. The van der Waals surface area contributed by atoms with E-state index in [2.05, 4.69) is 10.1 Å². The Bertz CT molecular complexity index is 219. The molecule has 0 fully saturated rings. The van der Waals surface area contributed by atoms with Crippen LogP contribution in [0, 0.1) is 5.92 Å². The average molecular weight is 233 g/mol. The minimum atomic E-state index is -0.230. The van der Waals surface area contributed by atoms with E-state index in [0.717, 1.165) is 0 Å². The smallest absolute Gasteiger partial charge is 0.309 e. The number of hydrogen-bond acceptors (Lipinski definition) is 4. The van der Waals surface area contributed by atoms with E-state index in [9.17, 15) is 9.59 Å². The Morgan fingerprint density at radius 1 is 1.33 bits per heavy atom. The molecule has 0 aromatic carbocycles. The first-order valence-corrected chi connectivity index (χ1v) is 6.07. The van der Waals surface area contributed by atoms with Crippen LogP contribution in [-0.4, -0.2) is 36.5 Å². The van der Waals surface area contributed by atoms with E-state index in [1.165, 1.54) is 18.9 Å². The van der Waals surface area contributed by atoms with Crippen LogP contribution >= 0.6 is 11.8 Å². The molecule has 0 saturated heterocycles. The molecule has 0 aliphatic heterocycles. The van der Waals surface area contributed by atoms with Gasteiger partial charge in [-0.05, 0) is 13.8 Å². The third kappa shape index (κ3) is 7.25. The first-order chi connectivity index (χ1) is 6.97. The summed E-state index contributed by atoms with van der Waals surface area (Å²) in [5.41, 5.74) is 0. The van der Waals surface area contributed by atoms with Crippen LogP contribution in [0.3, 0.4) is 0 Å². The third-order valence-electron chi connectivity index (χ3n) is 1.65. The molecular formula is C10H19NO3S. The van der Waals surface area contributed by atoms with E-state index in [-0.39, 0.29) is 23.8 Å². The minimum absolute atomic E-state index is 0.00654. The summed E-state index contributed by atoms with van der Waals surface area (Å²) in [6.07, 6.45) is 0. The first-order valence-electron chi connectivity index (χ1n) is 4.92. The van der Waals surface area contributed by atoms with Gasteiger partial charge in [-0.2, -0.15) is 11.8 Å². The van der Waals surface area contributed by atoms with E-state index >= 15 is 0 Å². The standard InChI is InChI=1S/C10H19NO3S/c1-7(2)11-9(12)6-15-5-8(3)10(13)14-4/h7-8H,5-6H2,1-4H3,(H,11,12). The molecule has 0 spiro atoms. The molecule has 0 heterocycles. The Labute approximate surface area is 95.1 Å². The Kier molecular flexibility index (Phi) is 7.21. The maximum atomic E-state index is 11.2. The zero-order valence-corrected chi connectivity index (χ0v) is 10.5. The van der Waals surface area contributed by atoms with Gasteiger partial charge in [0.1, 0.15) is 0 Å². The molecule has 0 rings (SSSR count). The molecule has 0 saturated carbocycles. The second-order valence-electron chi connectivity index (χ2n) is 3.66. The summed E-state index contributed by atoms with van der Waals surface area (Å²) in [5, 5.41) is 2.78. The van der Waals surface area contributed by atoms with Crippen LogP contribution in [0.25, 0.3) is 0 Å². The topological polar surface area (TPSA) is 55.4 Å². The lowest BCUT2D eigenvalue weighted by molar-refractivity contribution is -0.144. The van der Waals surface area contributed by atoms with Crippen LogP contribution < -0.4 is 5.32 Å². The van der Waals surface area contributed by atoms with Gasteiger partial charge in [-0.1, -0.05) is 6.92 Å². The Morgan fingerprint density at radius 2 is 1.93 bits per heavy atom. The molecule has 15 heavy (non-hydrogen) atoms. The van der Waals surface area contributed by atoms with Gasteiger partial charge in [-0.25, -0.2) is 0 Å². The number of carbonyl (C=O) groups is 2. The van der Waals surface area contributed by atoms with Crippen LogP contribution in [0.4, 0.5) is 0 Å². The number of methoxy groups -OCH3 is 1. The number of ether oxygens (including phenoxy) is 1. The van der Waals surface area contributed by atoms with Crippen LogP contribution in [0.15, 0.2) is 0 Å². The quantitative estimate of drug-likeness (QED) is 0.697. The summed E-state index contributed by atoms with van der Waals surface area (Å²) in [4.78, 5) is 22.3. The van der Waals surface area contributed by atoms with E-state index in [4.69, 9.17) is 0 Å². The summed E-state index contributed by atoms with van der Waals surface area (Å²) in [6.45, 7) is 5.62. The molecule has 1 amide bonds. The van der Waals surface area contributed by atoms with Gasteiger partial charge in [0.2, 0.25) is 5.91 Å². The van der Waals surface area contributed by atoms with Gasteiger partial charge in [0.05, 0.1) is 18.8 Å². The van der Waals surface area contributed by atoms with Gasteiger partial charge in [-0.3, -0.25) is 9.59 Å². The summed E-state index contributed by atoms with van der Waals surface area (Å²) in [7, 11) is 1.37. The van der Waals surface area contributed by atoms with Crippen molar-refractivity contribution in [2.45, 2.75) is 26.8 Å². The summed E-state index contributed by atoms with van der Waals surface area (Å²) in [6, 6.07) is 0.163. The van der Waals surface area contributed by atoms with Gasteiger partial charge in [0.15, 0.2) is 0 Å². The van der Waals surface area contributed by atoms with Crippen molar-refractivity contribution in [2.24, 2.45) is 5.92 Å². The molecule has 0 radical (unpaired) electrons. The minimum Gasteiger partial charge on any atom is -0.469 e. The highest BCUT2D eigenvalue weighted by Gasteiger charge is 2.13. The summed E-state index contributed by atoms with van der Waals surface area (Å²) >= 11 is 1.44. The number of nitrogens with one attached hydrogen (secondary N) is 1. The number of thioether (sulfide) groups is 1. The summed E-state index contributed by atoms with van der Waals surface area (Å²) < 4.78 is 4.58. The zero-order valence-electron chi connectivity index (χ0n) is 9.70. The Balaban J connectivity index is 3.61. The lowest BCUT2D eigenvalue weighted by Crippen LogP contribution is -2.31. The highest BCUT2D eigenvalue weighted by molar-refractivity contribution is 7.99. The monoisotopic (exact) mass is 233 g/mol. The Hall–Kier alpha value is -0.710. The van der Waals surface area contributed by atoms with Crippen LogP contribution in [0.1, 0.15) is 20.8 Å². The van der Waals surface area contributed by atoms with Crippen molar-refractivity contribution in [3.8, 4) is 0 Å². The lowest BCUT2D eigenvalue weighted by atomic mass is 10.2. The fraction of sp³-hybridized carbons (Fsp3) is 0.800. The number of amides is 1. The largest absolute Gasteiger partial charge is 0.469 e. The first kappa shape index (κ1) is 14.3. The third-order valence-corrected chi connectivity index (χ3v) is 2.86. The molecule has 1 N–H and O–H groups in total. The molecule has 88 valence electrons. The molecule has 0 aromatic heterocycles. The number of hydrogen-bond donors (Lipinski definition) is 1. The fourth-order valence-electron chi connectivity index (χ4n) is 0.961. The van der Waals surface area contributed by atoms with Crippen molar-refractivity contribution >= 4 is 23.6 Å². The molecular weight excluding hydrogens is 214 g/mol. The van der Waals surface area contributed by atoms with Gasteiger partial charge in [0.25, 0.3) is 0 Å². The number of rotatable bonds is 6. The molecule has 0 aromatic rings. The molecule has 0 bridgehead atoms. The molecule has 0 aliphatic carbocycles. The SMILES string of the molecule is COC(=O)C(C)CSCC(=O)NC(C)C. The predicted molar refractivity (Wildman–Crippen MR) is 61.8 cm³/mol. The maximum absolute atomic E-state index is 11.2. The maximum Gasteiger partial charge on any atom is 0.309 e. The van der Waals surface area contributed by atoms with E-state index in [0.29, 0.717) is 11.5 Å².